The summed E-state index contributed by atoms with van der Waals surface area (Å²) in [4.78, 5) is 12.6. The molecule has 1 aliphatic rings. The van der Waals surface area contributed by atoms with E-state index >= 15 is 0 Å². The Morgan fingerprint density at radius 2 is 2.00 bits per heavy atom. The van der Waals surface area contributed by atoms with Crippen LogP contribution in [0.25, 0.3) is 0 Å². The van der Waals surface area contributed by atoms with E-state index in [2.05, 4.69) is 11.6 Å². The third-order valence-corrected chi connectivity index (χ3v) is 5.38. The minimum atomic E-state index is -0.884. The number of nitrogens with one attached hydrogen (secondary N) is 1. The van der Waals surface area contributed by atoms with Crippen molar-refractivity contribution in [2.45, 2.75) is 44.6 Å². The molecular weight excluding hydrogens is 332 g/mol. The molecule has 2 rings (SSSR count). The molecule has 1 aliphatic carbocycles. The Kier molecular flexibility index (Phi) is 6.95. The lowest BCUT2D eigenvalue weighted by atomic mass is 9.54. The second kappa shape index (κ2) is 7.88. The van der Waals surface area contributed by atoms with Gasteiger partial charge in [-0.2, -0.15) is 11.8 Å². The summed E-state index contributed by atoms with van der Waals surface area (Å²) in [6.07, 6.45) is 2.67. The van der Waals surface area contributed by atoms with E-state index in [0.717, 1.165) is 11.4 Å². The molecule has 3 N–H and O–H groups in total. The molecule has 6 heteroatoms. The van der Waals surface area contributed by atoms with Gasteiger partial charge in [0.2, 0.25) is 5.91 Å². The van der Waals surface area contributed by atoms with Crippen LogP contribution in [-0.4, -0.2) is 30.4 Å². The first-order valence-corrected chi connectivity index (χ1v) is 9.04. The number of thioether (sulfide) groups is 1. The quantitative estimate of drug-likeness (QED) is 0.817. The fourth-order valence-electron chi connectivity index (χ4n) is 2.91. The summed E-state index contributed by atoms with van der Waals surface area (Å²) in [5.41, 5.74) is 7.15. The summed E-state index contributed by atoms with van der Waals surface area (Å²) >= 11 is 1.77. The number of amides is 1. The van der Waals surface area contributed by atoms with E-state index in [1.165, 1.54) is 5.56 Å². The fraction of sp³-hybridized carbons (Fsp3) is 0.588. The first kappa shape index (κ1) is 20.3. The fourth-order valence-corrected chi connectivity index (χ4v) is 3.44. The van der Waals surface area contributed by atoms with Crippen molar-refractivity contribution in [1.29, 1.82) is 0 Å². The minimum absolute atomic E-state index is 0. The van der Waals surface area contributed by atoms with Gasteiger partial charge >= 0.3 is 0 Å². The Morgan fingerprint density at radius 3 is 2.48 bits per heavy atom. The highest BCUT2D eigenvalue weighted by molar-refractivity contribution is 7.97. The molecule has 0 aromatic heterocycles. The summed E-state index contributed by atoms with van der Waals surface area (Å²) in [6, 6.07) is 7.92. The van der Waals surface area contributed by atoms with Crippen molar-refractivity contribution in [2.24, 2.45) is 11.1 Å². The number of nitrogens with two attached hydrogens (primary N) is 1. The number of rotatable bonds is 6. The van der Waals surface area contributed by atoms with Crippen LogP contribution in [0, 0.1) is 5.41 Å². The van der Waals surface area contributed by atoms with E-state index < -0.39 is 5.54 Å². The lowest BCUT2D eigenvalue weighted by molar-refractivity contribution is -0.166. The zero-order chi connectivity index (χ0) is 16.4. The molecule has 23 heavy (non-hydrogen) atoms. The maximum atomic E-state index is 12.6. The van der Waals surface area contributed by atoms with Gasteiger partial charge in [-0.25, -0.2) is 0 Å². The van der Waals surface area contributed by atoms with E-state index in [4.69, 9.17) is 10.5 Å². The molecule has 1 saturated carbocycles. The van der Waals surface area contributed by atoms with Crippen LogP contribution < -0.4 is 11.1 Å². The number of anilines is 1. The molecule has 0 radical (unpaired) electrons. The molecule has 1 aromatic carbocycles. The van der Waals surface area contributed by atoms with Gasteiger partial charge in [0.1, 0.15) is 5.54 Å². The summed E-state index contributed by atoms with van der Waals surface area (Å²) in [5.74, 6) is 0.837. The summed E-state index contributed by atoms with van der Waals surface area (Å²) in [7, 11) is 0. The molecule has 1 amide bonds. The Hall–Kier alpha value is -0.750. The van der Waals surface area contributed by atoms with Crippen LogP contribution in [0.1, 0.15) is 32.8 Å². The van der Waals surface area contributed by atoms with Gasteiger partial charge in [-0.3, -0.25) is 4.79 Å². The van der Waals surface area contributed by atoms with Crippen molar-refractivity contribution < 1.29 is 9.53 Å². The normalized spacial score (nSPS) is 25.2. The SMILES string of the molecule is CCOC1CC(N)(C(=O)Nc2ccc(CSC)cc2)C1(C)C.Cl. The highest BCUT2D eigenvalue weighted by Gasteiger charge is 2.62. The lowest BCUT2D eigenvalue weighted by Crippen LogP contribution is -2.74. The van der Waals surface area contributed by atoms with Crippen molar-refractivity contribution in [2.75, 3.05) is 18.2 Å². The predicted octanol–water partition coefficient (Wildman–Crippen LogP) is 3.44. The molecule has 0 spiro atoms. The van der Waals surface area contributed by atoms with E-state index in [1.807, 2.05) is 45.0 Å². The summed E-state index contributed by atoms with van der Waals surface area (Å²) in [5, 5.41) is 2.95. The average Bonchev–Trinajstić information content (AvgIpc) is 2.49. The predicted molar refractivity (Wildman–Crippen MR) is 100 cm³/mol. The van der Waals surface area contributed by atoms with Gasteiger partial charge in [0, 0.05) is 29.9 Å². The van der Waals surface area contributed by atoms with E-state index in [0.29, 0.717) is 13.0 Å². The number of hydrogen-bond donors (Lipinski definition) is 2. The molecule has 0 aliphatic heterocycles. The van der Waals surface area contributed by atoms with Crippen molar-refractivity contribution in [1.82, 2.24) is 0 Å². The Labute approximate surface area is 149 Å². The van der Waals surface area contributed by atoms with Gasteiger partial charge in [-0.15, -0.1) is 12.4 Å². The maximum Gasteiger partial charge on any atom is 0.245 e. The van der Waals surface area contributed by atoms with Crippen LogP contribution in [0.2, 0.25) is 0 Å². The van der Waals surface area contributed by atoms with Crippen LogP contribution in [0.4, 0.5) is 5.69 Å². The number of carbonyl (C=O) groups is 1. The van der Waals surface area contributed by atoms with Gasteiger partial charge in [-0.05, 0) is 30.9 Å². The zero-order valence-corrected chi connectivity index (χ0v) is 15.9. The third kappa shape index (κ3) is 3.85. The first-order chi connectivity index (χ1) is 10.3. The molecule has 0 bridgehead atoms. The maximum absolute atomic E-state index is 12.6. The standard InChI is InChI=1S/C17H26N2O2S.ClH/c1-5-21-14-10-17(18,16(14,2)3)15(20)19-13-8-6-12(7-9-13)11-22-4;/h6-9,14H,5,10-11,18H2,1-4H3,(H,19,20);1H. The van der Waals surface area contributed by atoms with Gasteiger partial charge in [0.15, 0.2) is 0 Å². The first-order valence-electron chi connectivity index (χ1n) is 7.65. The molecule has 2 unspecified atom stereocenters. The number of halogens is 1. The van der Waals surface area contributed by atoms with Crippen molar-refractivity contribution >= 4 is 35.8 Å². The highest BCUT2D eigenvalue weighted by Crippen LogP contribution is 2.50. The Morgan fingerprint density at radius 1 is 1.39 bits per heavy atom. The molecule has 130 valence electrons. The van der Waals surface area contributed by atoms with E-state index in [9.17, 15) is 4.79 Å². The number of carbonyl (C=O) groups excluding carboxylic acids is 1. The Bertz CT molecular complexity index is 536. The van der Waals surface area contributed by atoms with Crippen LogP contribution in [0.3, 0.4) is 0 Å². The second-order valence-corrected chi connectivity index (χ2v) is 7.29. The number of ether oxygens (including phenoxy) is 1. The molecule has 2 atom stereocenters. The molecule has 0 saturated heterocycles. The molecule has 0 heterocycles. The highest BCUT2D eigenvalue weighted by atomic mass is 35.5. The largest absolute Gasteiger partial charge is 0.378 e. The van der Waals surface area contributed by atoms with Gasteiger partial charge in [0.25, 0.3) is 0 Å². The number of hydrogen-bond acceptors (Lipinski definition) is 4. The van der Waals surface area contributed by atoms with Gasteiger partial charge in [-0.1, -0.05) is 26.0 Å². The minimum Gasteiger partial charge on any atom is -0.378 e. The number of benzene rings is 1. The average molecular weight is 359 g/mol. The van der Waals surface area contributed by atoms with Crippen LogP contribution in [-0.2, 0) is 15.3 Å². The molecular formula is C17H27ClN2O2S. The zero-order valence-electron chi connectivity index (χ0n) is 14.2. The van der Waals surface area contributed by atoms with Crippen LogP contribution in [0.5, 0.6) is 0 Å². The van der Waals surface area contributed by atoms with Crippen molar-refractivity contribution in [3.63, 3.8) is 0 Å². The molecule has 1 aromatic rings. The van der Waals surface area contributed by atoms with E-state index in [-0.39, 0.29) is 29.8 Å². The van der Waals surface area contributed by atoms with Gasteiger partial charge < -0.3 is 15.8 Å². The van der Waals surface area contributed by atoms with Crippen molar-refractivity contribution in [3.05, 3.63) is 29.8 Å². The van der Waals surface area contributed by atoms with Gasteiger partial charge in [0.05, 0.1) is 6.10 Å². The topological polar surface area (TPSA) is 64.3 Å². The molecule has 1 fully saturated rings. The smallest absolute Gasteiger partial charge is 0.245 e. The van der Waals surface area contributed by atoms with Crippen molar-refractivity contribution in [3.8, 4) is 0 Å². The van der Waals surface area contributed by atoms with Crippen LogP contribution >= 0.6 is 24.2 Å². The van der Waals surface area contributed by atoms with E-state index in [1.54, 1.807) is 11.8 Å². The Balaban J connectivity index is 0.00000264. The monoisotopic (exact) mass is 358 g/mol. The third-order valence-electron chi connectivity index (χ3n) is 4.76. The summed E-state index contributed by atoms with van der Waals surface area (Å²) in [6.45, 7) is 6.60. The van der Waals surface area contributed by atoms with Crippen LogP contribution in [0.15, 0.2) is 24.3 Å². The molecule has 4 nitrogen and oxygen atoms in total. The summed E-state index contributed by atoms with van der Waals surface area (Å²) < 4.78 is 5.67. The second-order valence-electron chi connectivity index (χ2n) is 6.43. The lowest BCUT2D eigenvalue weighted by Gasteiger charge is -2.57.